The first kappa shape index (κ1) is 68.6. The van der Waals surface area contributed by atoms with Crippen molar-refractivity contribution in [3.8, 4) is 0 Å². The normalized spacial score (nSPS) is 13.1. The van der Waals surface area contributed by atoms with Crippen LogP contribution in [0.25, 0.3) is 0 Å². The minimum atomic E-state index is -0.811. The Hall–Kier alpha value is -4.45. The number of esters is 3. The highest BCUT2D eigenvalue weighted by Gasteiger charge is 2.19. The third kappa shape index (κ3) is 58.3. The van der Waals surface area contributed by atoms with Gasteiger partial charge in [-0.3, -0.25) is 14.4 Å². The molecule has 0 aliphatic rings. The van der Waals surface area contributed by atoms with Gasteiger partial charge in [0.05, 0.1) is 0 Å². The van der Waals surface area contributed by atoms with Gasteiger partial charge in [0.15, 0.2) is 6.10 Å². The molecule has 0 heterocycles. The van der Waals surface area contributed by atoms with E-state index in [1.807, 2.05) is 0 Å². The monoisotopic (exact) mass is 1010 g/mol. The highest BCUT2D eigenvalue weighted by Crippen LogP contribution is 2.14. The second kappa shape index (κ2) is 60.1. The Kier molecular flexibility index (Phi) is 56.4. The third-order valence-electron chi connectivity index (χ3n) is 12.1. The fraction of sp³-hybridized carbons (Fsp3) is 0.627. The van der Waals surface area contributed by atoms with Crippen molar-refractivity contribution in [3.05, 3.63) is 134 Å². The summed E-state index contributed by atoms with van der Waals surface area (Å²) in [5.41, 5.74) is 0. The molecular formula is C67H108O6. The maximum Gasteiger partial charge on any atom is 0.306 e. The molecule has 0 amide bonds. The van der Waals surface area contributed by atoms with Crippen molar-refractivity contribution >= 4 is 17.9 Å². The van der Waals surface area contributed by atoms with Crippen LogP contribution >= 0.6 is 0 Å². The van der Waals surface area contributed by atoms with Gasteiger partial charge in [0.2, 0.25) is 0 Å². The first-order valence-corrected chi connectivity index (χ1v) is 29.7. The fourth-order valence-corrected chi connectivity index (χ4v) is 7.71. The minimum Gasteiger partial charge on any atom is -0.462 e. The summed E-state index contributed by atoms with van der Waals surface area (Å²) >= 11 is 0. The van der Waals surface area contributed by atoms with Crippen LogP contribution in [0.5, 0.6) is 0 Å². The van der Waals surface area contributed by atoms with Crippen molar-refractivity contribution in [2.45, 2.75) is 258 Å². The van der Waals surface area contributed by atoms with E-state index in [2.05, 4.69) is 154 Å². The Morgan fingerprint density at radius 2 is 0.534 bits per heavy atom. The topological polar surface area (TPSA) is 78.9 Å². The van der Waals surface area contributed by atoms with Gasteiger partial charge in [-0.25, -0.2) is 0 Å². The van der Waals surface area contributed by atoms with Crippen molar-refractivity contribution in [3.63, 3.8) is 0 Å². The number of rotatable bonds is 52. The van der Waals surface area contributed by atoms with Crippen LogP contribution in [0.4, 0.5) is 0 Å². The first-order valence-electron chi connectivity index (χ1n) is 29.7. The molecule has 73 heavy (non-hydrogen) atoms. The lowest BCUT2D eigenvalue weighted by atomic mass is 10.1. The van der Waals surface area contributed by atoms with Gasteiger partial charge in [-0.15, -0.1) is 0 Å². The summed E-state index contributed by atoms with van der Waals surface area (Å²) in [4.78, 5) is 38.2. The lowest BCUT2D eigenvalue weighted by molar-refractivity contribution is -0.167. The smallest absolute Gasteiger partial charge is 0.306 e. The number of hydrogen-bond donors (Lipinski definition) is 0. The van der Waals surface area contributed by atoms with Crippen LogP contribution in [0.1, 0.15) is 252 Å². The number of carbonyl (C=O) groups is 3. The lowest BCUT2D eigenvalue weighted by Crippen LogP contribution is -2.30. The summed E-state index contributed by atoms with van der Waals surface area (Å²) in [6.07, 6.45) is 84.5. The fourth-order valence-electron chi connectivity index (χ4n) is 7.71. The van der Waals surface area contributed by atoms with Crippen LogP contribution in [0.15, 0.2) is 134 Å². The van der Waals surface area contributed by atoms with Gasteiger partial charge in [0.1, 0.15) is 13.2 Å². The van der Waals surface area contributed by atoms with Crippen molar-refractivity contribution in [1.82, 2.24) is 0 Å². The second-order valence-electron chi connectivity index (χ2n) is 19.1. The molecule has 0 aromatic heterocycles. The highest BCUT2D eigenvalue weighted by molar-refractivity contribution is 5.71. The molecule has 1 atom stereocenters. The van der Waals surface area contributed by atoms with E-state index in [1.165, 1.54) is 77.0 Å². The van der Waals surface area contributed by atoms with Crippen LogP contribution in [0.3, 0.4) is 0 Å². The zero-order valence-electron chi connectivity index (χ0n) is 47.1. The van der Waals surface area contributed by atoms with Crippen molar-refractivity contribution < 1.29 is 28.6 Å². The Labute approximate surface area is 449 Å². The SMILES string of the molecule is CC/C=C\C/C=C\C/C=C\C/C=C\C/C=C\C/C=C\CCCCC(=O)OC(COC(=O)CCCCCCC/C=C\CCCC)COC(=O)CCCCCCCCCCCC/C=C\C/C=C\C/C=C\C/C=C\CC. The molecule has 0 bridgehead atoms. The molecule has 0 N–H and O–H groups in total. The van der Waals surface area contributed by atoms with Gasteiger partial charge < -0.3 is 14.2 Å². The average Bonchev–Trinajstić information content (AvgIpc) is 3.39. The zero-order valence-corrected chi connectivity index (χ0v) is 47.1. The van der Waals surface area contributed by atoms with E-state index in [-0.39, 0.29) is 37.5 Å². The summed E-state index contributed by atoms with van der Waals surface area (Å²) in [5, 5.41) is 0. The molecule has 6 heteroatoms. The van der Waals surface area contributed by atoms with Gasteiger partial charge in [0, 0.05) is 19.3 Å². The molecule has 0 aliphatic carbocycles. The molecular weight excluding hydrogens is 901 g/mol. The number of unbranched alkanes of at least 4 members (excludes halogenated alkanes) is 19. The molecule has 0 fully saturated rings. The Morgan fingerprint density at radius 1 is 0.288 bits per heavy atom. The quantitative estimate of drug-likeness (QED) is 0.0261. The van der Waals surface area contributed by atoms with Crippen molar-refractivity contribution in [2.24, 2.45) is 0 Å². The zero-order chi connectivity index (χ0) is 52.9. The molecule has 0 radical (unpaired) electrons. The minimum absolute atomic E-state index is 0.104. The predicted molar refractivity (Wildman–Crippen MR) is 316 cm³/mol. The predicted octanol–water partition coefficient (Wildman–Crippen LogP) is 20.2. The largest absolute Gasteiger partial charge is 0.462 e. The van der Waals surface area contributed by atoms with E-state index in [1.54, 1.807) is 0 Å². The van der Waals surface area contributed by atoms with E-state index < -0.39 is 6.10 Å². The van der Waals surface area contributed by atoms with Crippen LogP contribution in [-0.4, -0.2) is 37.2 Å². The molecule has 0 saturated carbocycles. The maximum atomic E-state index is 12.9. The molecule has 412 valence electrons. The summed E-state index contributed by atoms with van der Waals surface area (Å²) < 4.78 is 16.8. The number of allylic oxidation sites excluding steroid dienone is 22. The second-order valence-corrected chi connectivity index (χ2v) is 19.1. The van der Waals surface area contributed by atoms with E-state index >= 15 is 0 Å². The number of carbonyl (C=O) groups excluding carboxylic acids is 3. The van der Waals surface area contributed by atoms with Crippen LogP contribution in [0.2, 0.25) is 0 Å². The Balaban J connectivity index is 4.42. The van der Waals surface area contributed by atoms with E-state index in [0.717, 1.165) is 128 Å². The molecule has 0 spiro atoms. The Bertz CT molecular complexity index is 1580. The summed E-state index contributed by atoms with van der Waals surface area (Å²) in [6.45, 7) is 6.32. The number of ether oxygens (including phenoxy) is 3. The molecule has 0 aliphatic heterocycles. The third-order valence-corrected chi connectivity index (χ3v) is 12.1. The first-order chi connectivity index (χ1) is 36.0. The standard InChI is InChI=1S/C67H108O6/c1-4-7-10-13-16-19-22-24-26-28-30-32-33-35-36-38-40-42-45-48-51-54-57-60-66(69)72-63-64(62-71-65(68)59-56-53-50-47-44-21-18-15-12-9-6-3)73-67(70)61-58-55-52-49-46-43-41-39-37-34-31-29-27-25-23-20-17-14-11-8-5-2/h7-8,10-11,15-20,24-27,30-32,34,39,41,46,49,64H,4-6,9,12-14,21-23,28-29,33,35-38,40,42-45,47-48,50-63H2,1-3H3/b10-7-,11-8-,18-15-,19-16-,20-17-,26-24-,27-25-,32-30-,34-31-,41-39-,49-46-. The summed E-state index contributed by atoms with van der Waals surface area (Å²) in [5.74, 6) is -0.965. The van der Waals surface area contributed by atoms with Crippen LogP contribution < -0.4 is 0 Å². The maximum absolute atomic E-state index is 12.9. The lowest BCUT2D eigenvalue weighted by Gasteiger charge is -2.18. The van der Waals surface area contributed by atoms with Crippen LogP contribution in [0, 0.1) is 0 Å². The molecule has 6 nitrogen and oxygen atoms in total. The van der Waals surface area contributed by atoms with E-state index in [4.69, 9.17) is 14.2 Å². The van der Waals surface area contributed by atoms with Crippen LogP contribution in [-0.2, 0) is 28.6 Å². The van der Waals surface area contributed by atoms with Gasteiger partial charge in [0.25, 0.3) is 0 Å². The van der Waals surface area contributed by atoms with Crippen molar-refractivity contribution in [2.75, 3.05) is 13.2 Å². The molecule has 0 aromatic rings. The van der Waals surface area contributed by atoms with Gasteiger partial charge in [-0.05, 0) is 128 Å². The molecule has 1 unspecified atom stereocenters. The number of hydrogen-bond acceptors (Lipinski definition) is 6. The highest BCUT2D eigenvalue weighted by atomic mass is 16.6. The van der Waals surface area contributed by atoms with Crippen molar-refractivity contribution in [1.29, 1.82) is 0 Å². The van der Waals surface area contributed by atoms with Gasteiger partial charge >= 0.3 is 17.9 Å². The summed E-state index contributed by atoms with van der Waals surface area (Å²) in [6, 6.07) is 0. The van der Waals surface area contributed by atoms with E-state index in [9.17, 15) is 14.4 Å². The van der Waals surface area contributed by atoms with E-state index in [0.29, 0.717) is 19.3 Å². The molecule has 0 saturated heterocycles. The Morgan fingerprint density at radius 3 is 0.877 bits per heavy atom. The molecule has 0 rings (SSSR count). The average molecular weight is 1010 g/mol. The summed E-state index contributed by atoms with van der Waals surface area (Å²) in [7, 11) is 0. The van der Waals surface area contributed by atoms with Gasteiger partial charge in [-0.2, -0.15) is 0 Å². The van der Waals surface area contributed by atoms with Gasteiger partial charge in [-0.1, -0.05) is 238 Å². The molecule has 0 aromatic carbocycles.